The number of halogens is 1. The van der Waals surface area contributed by atoms with Crippen LogP contribution < -0.4 is 5.32 Å². The normalized spacial score (nSPS) is 20.7. The smallest absolute Gasteiger partial charge is 0.235 e. The number of pyridine rings is 1. The Morgan fingerprint density at radius 1 is 1.50 bits per heavy atom. The first-order valence-corrected chi connectivity index (χ1v) is 6.18. The minimum atomic E-state index is -0.300. The van der Waals surface area contributed by atoms with Gasteiger partial charge < -0.3 is 0 Å². The molecule has 0 bridgehead atoms. The van der Waals surface area contributed by atoms with Gasteiger partial charge in [0.25, 0.3) is 0 Å². The zero-order valence-corrected chi connectivity index (χ0v) is 10.2. The molecule has 1 aliphatic rings. The third-order valence-electron chi connectivity index (χ3n) is 2.64. The minimum absolute atomic E-state index is 0.197. The Hall–Kier alpha value is -1.23. The predicted molar refractivity (Wildman–Crippen MR) is 62.0 cm³/mol. The summed E-state index contributed by atoms with van der Waals surface area (Å²) < 4.78 is 0. The lowest BCUT2D eigenvalue weighted by molar-refractivity contribution is -0.134. The lowest BCUT2D eigenvalue weighted by atomic mass is 9.92. The van der Waals surface area contributed by atoms with E-state index in [1.165, 1.54) is 0 Å². The number of carbonyl (C=O) groups is 2. The number of nitrogens with zero attached hydrogens (tertiary/aromatic N) is 1. The summed E-state index contributed by atoms with van der Waals surface area (Å²) in [5, 5.41) is 3.01. The number of aromatic nitrogens is 1. The Kier molecular flexibility index (Phi) is 3.33. The second-order valence-electron chi connectivity index (χ2n) is 3.69. The molecule has 1 aliphatic heterocycles. The lowest BCUT2D eigenvalue weighted by Crippen LogP contribution is -2.40. The Labute approximate surface area is 102 Å². The molecule has 1 unspecified atom stereocenters. The lowest BCUT2D eigenvalue weighted by Gasteiger charge is -2.21. The van der Waals surface area contributed by atoms with Crippen LogP contribution in [0.15, 0.2) is 18.3 Å². The Bertz CT molecular complexity index is 434. The van der Waals surface area contributed by atoms with E-state index in [1.54, 1.807) is 6.20 Å². The van der Waals surface area contributed by atoms with Crippen molar-refractivity contribution in [2.45, 2.75) is 24.1 Å². The number of piperidine rings is 1. The van der Waals surface area contributed by atoms with Crippen molar-refractivity contribution in [3.63, 3.8) is 0 Å². The fourth-order valence-electron chi connectivity index (χ4n) is 1.83. The average molecular weight is 283 g/mol. The number of imide groups is 1. The minimum Gasteiger partial charge on any atom is -0.296 e. The highest BCUT2D eigenvalue weighted by atomic mass is 79.9. The SMILES string of the molecule is O=C1CCC(c2ncccc2CBr)C(=O)N1. The third kappa shape index (κ3) is 2.14. The molecule has 1 saturated heterocycles. The van der Waals surface area contributed by atoms with E-state index in [0.29, 0.717) is 18.2 Å². The van der Waals surface area contributed by atoms with Crippen LogP contribution >= 0.6 is 15.9 Å². The van der Waals surface area contributed by atoms with E-state index < -0.39 is 0 Å². The standard InChI is InChI=1S/C11H11BrN2O2/c12-6-7-2-1-5-13-10(7)8-3-4-9(15)14-11(8)16/h1-2,5,8H,3-4,6H2,(H,14,15,16). The van der Waals surface area contributed by atoms with Gasteiger partial charge in [-0.15, -0.1) is 0 Å². The quantitative estimate of drug-likeness (QED) is 0.661. The van der Waals surface area contributed by atoms with Crippen LogP contribution in [-0.4, -0.2) is 16.8 Å². The van der Waals surface area contributed by atoms with Gasteiger partial charge >= 0.3 is 0 Å². The van der Waals surface area contributed by atoms with E-state index in [-0.39, 0.29) is 17.7 Å². The number of nitrogens with one attached hydrogen (secondary N) is 1. The molecule has 1 aromatic rings. The molecular weight excluding hydrogens is 272 g/mol. The molecule has 0 aliphatic carbocycles. The molecule has 1 fully saturated rings. The molecule has 4 nitrogen and oxygen atoms in total. The van der Waals surface area contributed by atoms with Crippen molar-refractivity contribution in [2.24, 2.45) is 0 Å². The third-order valence-corrected chi connectivity index (χ3v) is 3.24. The number of alkyl halides is 1. The second-order valence-corrected chi connectivity index (χ2v) is 4.25. The van der Waals surface area contributed by atoms with Crippen molar-refractivity contribution in [3.8, 4) is 0 Å². The van der Waals surface area contributed by atoms with Gasteiger partial charge in [0.2, 0.25) is 11.8 Å². The van der Waals surface area contributed by atoms with E-state index in [2.05, 4.69) is 26.2 Å². The highest BCUT2D eigenvalue weighted by molar-refractivity contribution is 9.08. The van der Waals surface area contributed by atoms with Gasteiger partial charge in [-0.05, 0) is 18.1 Å². The first kappa shape index (κ1) is 11.3. The summed E-state index contributed by atoms with van der Waals surface area (Å²) in [5.74, 6) is -0.735. The average Bonchev–Trinajstić information content (AvgIpc) is 2.29. The predicted octanol–water partition coefficient (Wildman–Crippen LogP) is 1.50. The first-order chi connectivity index (χ1) is 7.72. The van der Waals surface area contributed by atoms with Gasteiger partial charge in [-0.2, -0.15) is 0 Å². The van der Waals surface area contributed by atoms with E-state index >= 15 is 0 Å². The molecule has 2 amide bonds. The maximum Gasteiger partial charge on any atom is 0.235 e. The van der Waals surface area contributed by atoms with Gasteiger partial charge in [0.15, 0.2) is 0 Å². The molecule has 84 valence electrons. The monoisotopic (exact) mass is 282 g/mol. The molecule has 5 heteroatoms. The van der Waals surface area contributed by atoms with Gasteiger partial charge in [0.05, 0.1) is 11.6 Å². The van der Waals surface area contributed by atoms with Crippen molar-refractivity contribution in [3.05, 3.63) is 29.6 Å². The number of carbonyl (C=O) groups excluding carboxylic acids is 2. The fraction of sp³-hybridized carbons (Fsp3) is 0.364. The Morgan fingerprint density at radius 3 is 3.00 bits per heavy atom. The number of amides is 2. The van der Waals surface area contributed by atoms with Gasteiger partial charge in [-0.1, -0.05) is 22.0 Å². The Morgan fingerprint density at radius 2 is 2.31 bits per heavy atom. The number of rotatable bonds is 2. The van der Waals surface area contributed by atoms with Crippen LogP contribution in [0.5, 0.6) is 0 Å². The summed E-state index contributed by atoms with van der Waals surface area (Å²) in [5.41, 5.74) is 1.77. The van der Waals surface area contributed by atoms with Gasteiger partial charge in [-0.25, -0.2) is 0 Å². The molecule has 0 radical (unpaired) electrons. The largest absolute Gasteiger partial charge is 0.296 e. The summed E-state index contributed by atoms with van der Waals surface area (Å²) in [6.45, 7) is 0. The van der Waals surface area contributed by atoms with Gasteiger partial charge in [-0.3, -0.25) is 19.9 Å². The van der Waals surface area contributed by atoms with Crippen LogP contribution in [0.3, 0.4) is 0 Å². The van der Waals surface area contributed by atoms with E-state index in [0.717, 1.165) is 11.3 Å². The second kappa shape index (κ2) is 4.74. The maximum absolute atomic E-state index is 11.7. The summed E-state index contributed by atoms with van der Waals surface area (Å²) >= 11 is 3.37. The van der Waals surface area contributed by atoms with E-state index in [9.17, 15) is 9.59 Å². The molecule has 0 aromatic carbocycles. The van der Waals surface area contributed by atoms with Crippen LogP contribution in [0.2, 0.25) is 0 Å². The molecule has 1 aromatic heterocycles. The highest BCUT2D eigenvalue weighted by Gasteiger charge is 2.30. The van der Waals surface area contributed by atoms with E-state index in [4.69, 9.17) is 0 Å². The zero-order valence-electron chi connectivity index (χ0n) is 8.57. The zero-order chi connectivity index (χ0) is 11.5. The van der Waals surface area contributed by atoms with Crippen molar-refractivity contribution in [1.29, 1.82) is 0 Å². The molecule has 2 rings (SSSR count). The summed E-state index contributed by atoms with van der Waals surface area (Å²) in [6.07, 6.45) is 2.60. The number of hydrogen-bond acceptors (Lipinski definition) is 3. The maximum atomic E-state index is 11.7. The number of hydrogen-bond donors (Lipinski definition) is 1. The van der Waals surface area contributed by atoms with Crippen molar-refractivity contribution >= 4 is 27.7 Å². The molecular formula is C11H11BrN2O2. The van der Waals surface area contributed by atoms with E-state index in [1.807, 2.05) is 12.1 Å². The van der Waals surface area contributed by atoms with Crippen LogP contribution in [0, 0.1) is 0 Å². The molecule has 2 heterocycles. The topological polar surface area (TPSA) is 59.1 Å². The molecule has 16 heavy (non-hydrogen) atoms. The molecule has 0 saturated carbocycles. The van der Waals surface area contributed by atoms with Crippen molar-refractivity contribution in [1.82, 2.24) is 10.3 Å². The molecule has 1 N–H and O–H groups in total. The summed E-state index contributed by atoms with van der Waals surface area (Å²) in [4.78, 5) is 27.0. The summed E-state index contributed by atoms with van der Waals surface area (Å²) in [6, 6.07) is 3.77. The highest BCUT2D eigenvalue weighted by Crippen LogP contribution is 2.26. The van der Waals surface area contributed by atoms with Crippen LogP contribution in [0.25, 0.3) is 0 Å². The van der Waals surface area contributed by atoms with Crippen molar-refractivity contribution in [2.75, 3.05) is 0 Å². The van der Waals surface area contributed by atoms with Gasteiger partial charge in [0, 0.05) is 17.9 Å². The molecule has 1 atom stereocenters. The first-order valence-electron chi connectivity index (χ1n) is 5.06. The van der Waals surface area contributed by atoms with Crippen molar-refractivity contribution < 1.29 is 9.59 Å². The van der Waals surface area contributed by atoms with Gasteiger partial charge in [0.1, 0.15) is 0 Å². The Balaban J connectivity index is 2.30. The van der Waals surface area contributed by atoms with Crippen LogP contribution in [0.1, 0.15) is 30.0 Å². The van der Waals surface area contributed by atoms with Crippen LogP contribution in [0.4, 0.5) is 0 Å². The molecule has 0 spiro atoms. The summed E-state index contributed by atoms with van der Waals surface area (Å²) in [7, 11) is 0. The van der Waals surface area contributed by atoms with Crippen LogP contribution in [-0.2, 0) is 14.9 Å². The fourth-order valence-corrected chi connectivity index (χ4v) is 2.31.